The van der Waals surface area contributed by atoms with Crippen LogP contribution < -0.4 is 14.4 Å². The molecule has 0 aliphatic carbocycles. The third-order valence-corrected chi connectivity index (χ3v) is 5.09. The molecular weight excluding hydrogens is 372 g/mol. The Hall–Kier alpha value is -3.32. The highest BCUT2D eigenvalue weighted by Crippen LogP contribution is 2.40. The topological polar surface area (TPSA) is 68.3 Å². The molecule has 0 saturated carbocycles. The number of para-hydroxylation sites is 3. The lowest BCUT2D eigenvalue weighted by Crippen LogP contribution is -2.40. The smallest absolute Gasteiger partial charge is 0.282 e. The number of ether oxygens (including phenoxy) is 3. The second-order valence-electron chi connectivity index (χ2n) is 6.64. The average Bonchev–Trinajstić information content (AvgIpc) is 3.04. The highest BCUT2D eigenvalue weighted by atomic mass is 16.5. The Bertz CT molecular complexity index is 979. The molecule has 2 heterocycles. The van der Waals surface area contributed by atoms with Crippen LogP contribution in [0.2, 0.25) is 0 Å². The predicted molar refractivity (Wildman–Crippen MR) is 108 cm³/mol. The quantitative estimate of drug-likeness (QED) is 0.725. The van der Waals surface area contributed by atoms with Crippen LogP contribution in [0.25, 0.3) is 5.57 Å². The summed E-state index contributed by atoms with van der Waals surface area (Å²) in [5, 5.41) is 0. The minimum Gasteiger partial charge on any atom is -0.496 e. The van der Waals surface area contributed by atoms with E-state index in [1.807, 2.05) is 17.0 Å². The molecule has 4 rings (SSSR count). The summed E-state index contributed by atoms with van der Waals surface area (Å²) in [6.45, 7) is 2.07. The lowest BCUT2D eigenvalue weighted by molar-refractivity contribution is -0.121. The number of imide groups is 1. The van der Waals surface area contributed by atoms with Crippen molar-refractivity contribution in [2.75, 3.05) is 45.4 Å². The third-order valence-electron chi connectivity index (χ3n) is 5.09. The normalized spacial score (nSPS) is 17.2. The Labute approximate surface area is 169 Å². The van der Waals surface area contributed by atoms with Crippen molar-refractivity contribution in [3.8, 4) is 11.5 Å². The zero-order chi connectivity index (χ0) is 20.4. The minimum atomic E-state index is -0.398. The van der Waals surface area contributed by atoms with Gasteiger partial charge in [0.1, 0.15) is 17.2 Å². The molecule has 2 aliphatic rings. The number of carbonyl (C=O) groups excluding carboxylic acids is 2. The van der Waals surface area contributed by atoms with Gasteiger partial charge in [-0.25, -0.2) is 4.90 Å². The summed E-state index contributed by atoms with van der Waals surface area (Å²) >= 11 is 0. The maximum absolute atomic E-state index is 13.6. The highest BCUT2D eigenvalue weighted by molar-refractivity contribution is 6.46. The molecule has 0 aromatic heterocycles. The molecule has 2 amide bonds. The first-order valence-electron chi connectivity index (χ1n) is 9.39. The fraction of sp³-hybridized carbons (Fsp3) is 0.273. The number of hydrogen-bond donors (Lipinski definition) is 0. The minimum absolute atomic E-state index is 0.334. The summed E-state index contributed by atoms with van der Waals surface area (Å²) in [4.78, 5) is 30.2. The molecule has 1 saturated heterocycles. The molecule has 0 N–H and O–H groups in total. The number of rotatable bonds is 5. The zero-order valence-electron chi connectivity index (χ0n) is 16.4. The molecule has 0 bridgehead atoms. The van der Waals surface area contributed by atoms with Crippen LogP contribution in [0, 0.1) is 0 Å². The van der Waals surface area contributed by atoms with Crippen molar-refractivity contribution in [2.45, 2.75) is 0 Å². The molecular formula is C22H22N2O5. The molecule has 7 nitrogen and oxygen atoms in total. The largest absolute Gasteiger partial charge is 0.496 e. The number of nitrogens with zero attached hydrogens (tertiary/aromatic N) is 2. The van der Waals surface area contributed by atoms with Gasteiger partial charge in [-0.15, -0.1) is 0 Å². The number of anilines is 1. The van der Waals surface area contributed by atoms with Gasteiger partial charge in [0.15, 0.2) is 0 Å². The van der Waals surface area contributed by atoms with Gasteiger partial charge in [0, 0.05) is 18.7 Å². The van der Waals surface area contributed by atoms with Crippen molar-refractivity contribution >= 4 is 23.1 Å². The number of amides is 2. The lowest BCUT2D eigenvalue weighted by atomic mass is 10.0. The van der Waals surface area contributed by atoms with Crippen LogP contribution in [0.3, 0.4) is 0 Å². The van der Waals surface area contributed by atoms with Gasteiger partial charge >= 0.3 is 0 Å². The standard InChI is InChI=1S/C22H22N2O5/c1-27-17-9-5-3-7-15(17)19-20(23-11-13-29-14-12-23)22(26)24(21(19)25)16-8-4-6-10-18(16)28-2/h3-10H,11-14H2,1-2H3. The van der Waals surface area contributed by atoms with E-state index in [2.05, 4.69) is 0 Å². The maximum atomic E-state index is 13.6. The van der Waals surface area contributed by atoms with E-state index < -0.39 is 5.91 Å². The first kappa shape index (κ1) is 19.0. The van der Waals surface area contributed by atoms with Crippen LogP contribution in [0.15, 0.2) is 54.2 Å². The molecule has 0 radical (unpaired) electrons. The number of methoxy groups -OCH3 is 2. The SMILES string of the molecule is COc1ccccc1C1=C(N2CCOCC2)C(=O)N(c2ccccc2OC)C1=O. The first-order valence-corrected chi connectivity index (χ1v) is 9.39. The summed E-state index contributed by atoms with van der Waals surface area (Å²) in [6, 6.07) is 14.2. The van der Waals surface area contributed by atoms with Crippen LogP contribution in [0.4, 0.5) is 5.69 Å². The van der Waals surface area contributed by atoms with Crippen LogP contribution in [0.1, 0.15) is 5.56 Å². The number of carbonyl (C=O) groups is 2. The van der Waals surface area contributed by atoms with Gasteiger partial charge in [0.05, 0.1) is 38.7 Å². The average molecular weight is 394 g/mol. The number of morpholine rings is 1. The molecule has 2 aromatic carbocycles. The van der Waals surface area contributed by atoms with Crippen LogP contribution in [-0.4, -0.2) is 57.2 Å². The van der Waals surface area contributed by atoms with Gasteiger partial charge in [-0.05, 0) is 18.2 Å². The lowest BCUT2D eigenvalue weighted by Gasteiger charge is -2.29. The van der Waals surface area contributed by atoms with Crippen molar-refractivity contribution in [1.29, 1.82) is 0 Å². The van der Waals surface area contributed by atoms with Crippen molar-refractivity contribution in [3.63, 3.8) is 0 Å². The van der Waals surface area contributed by atoms with Gasteiger partial charge in [-0.2, -0.15) is 0 Å². The van der Waals surface area contributed by atoms with Gasteiger partial charge < -0.3 is 19.1 Å². The van der Waals surface area contributed by atoms with Crippen LogP contribution in [-0.2, 0) is 14.3 Å². The van der Waals surface area contributed by atoms with Crippen LogP contribution in [0.5, 0.6) is 11.5 Å². The van der Waals surface area contributed by atoms with E-state index in [4.69, 9.17) is 14.2 Å². The molecule has 2 aromatic rings. The van der Waals surface area contributed by atoms with E-state index in [1.54, 1.807) is 43.5 Å². The molecule has 0 unspecified atom stereocenters. The molecule has 29 heavy (non-hydrogen) atoms. The molecule has 150 valence electrons. The summed E-state index contributed by atoms with van der Waals surface area (Å²) in [5.41, 5.74) is 1.71. The summed E-state index contributed by atoms with van der Waals surface area (Å²) < 4.78 is 16.3. The summed E-state index contributed by atoms with van der Waals surface area (Å²) in [7, 11) is 3.06. The Kier molecular flexibility index (Phi) is 5.22. The molecule has 2 aliphatic heterocycles. The zero-order valence-corrected chi connectivity index (χ0v) is 16.4. The van der Waals surface area contributed by atoms with E-state index in [-0.39, 0.29) is 5.91 Å². The summed E-state index contributed by atoms with van der Waals surface area (Å²) in [5.74, 6) is 0.223. The van der Waals surface area contributed by atoms with Crippen molar-refractivity contribution in [3.05, 3.63) is 59.8 Å². The number of benzene rings is 2. The third kappa shape index (κ3) is 3.23. The predicted octanol–water partition coefficient (Wildman–Crippen LogP) is 2.32. The van der Waals surface area contributed by atoms with E-state index in [1.165, 1.54) is 12.0 Å². The highest BCUT2D eigenvalue weighted by Gasteiger charge is 2.44. The van der Waals surface area contributed by atoms with Gasteiger partial charge in [-0.3, -0.25) is 9.59 Å². The second kappa shape index (κ2) is 7.97. The van der Waals surface area contributed by atoms with Gasteiger partial charge in [0.2, 0.25) is 0 Å². The number of hydrogen-bond acceptors (Lipinski definition) is 6. The van der Waals surface area contributed by atoms with Crippen molar-refractivity contribution in [2.24, 2.45) is 0 Å². The fourth-order valence-corrected chi connectivity index (χ4v) is 3.73. The molecule has 7 heteroatoms. The van der Waals surface area contributed by atoms with Crippen LogP contribution >= 0.6 is 0 Å². The van der Waals surface area contributed by atoms with Gasteiger partial charge in [0.25, 0.3) is 11.8 Å². The first-order chi connectivity index (χ1) is 14.2. The second-order valence-corrected chi connectivity index (χ2v) is 6.64. The van der Waals surface area contributed by atoms with E-state index >= 15 is 0 Å². The van der Waals surface area contributed by atoms with E-state index in [9.17, 15) is 9.59 Å². The van der Waals surface area contributed by atoms with E-state index in [0.29, 0.717) is 60.3 Å². The Morgan fingerprint density at radius 2 is 1.45 bits per heavy atom. The van der Waals surface area contributed by atoms with Crippen molar-refractivity contribution < 1.29 is 23.8 Å². The maximum Gasteiger partial charge on any atom is 0.282 e. The Morgan fingerprint density at radius 3 is 2.14 bits per heavy atom. The Morgan fingerprint density at radius 1 is 0.828 bits per heavy atom. The Balaban J connectivity index is 1.88. The monoisotopic (exact) mass is 394 g/mol. The van der Waals surface area contributed by atoms with Crippen molar-refractivity contribution in [1.82, 2.24) is 4.90 Å². The molecule has 1 fully saturated rings. The summed E-state index contributed by atoms with van der Waals surface area (Å²) in [6.07, 6.45) is 0. The molecule has 0 spiro atoms. The molecule has 0 atom stereocenters. The van der Waals surface area contributed by atoms with E-state index in [0.717, 1.165) is 0 Å². The van der Waals surface area contributed by atoms with Gasteiger partial charge in [-0.1, -0.05) is 30.3 Å². The fourth-order valence-electron chi connectivity index (χ4n) is 3.73.